The van der Waals surface area contributed by atoms with E-state index in [1.54, 1.807) is 0 Å². The number of amides is 1. The smallest absolute Gasteiger partial charge is 0.394 e. The van der Waals surface area contributed by atoms with E-state index in [0.717, 1.165) is 0 Å². The largest absolute Gasteiger partial charge is 0.447 e. The minimum atomic E-state index is -4.52. The Kier molecular flexibility index (Phi) is 6.25. The topological polar surface area (TPSA) is 62.2 Å². The number of carbonyl (C=O) groups excluding carboxylic acids is 1. The molecule has 0 aromatic carbocycles. The molecule has 0 bridgehead atoms. The predicted molar refractivity (Wildman–Crippen MR) is 78.6 cm³/mol. The van der Waals surface area contributed by atoms with Crippen LogP contribution in [-0.4, -0.2) is 34.2 Å². The number of alkyl halides is 3. The van der Waals surface area contributed by atoms with Gasteiger partial charge in [0.25, 0.3) is 5.91 Å². The number of hydrogen-bond donors (Lipinski definition) is 2. The van der Waals surface area contributed by atoms with Gasteiger partial charge in [-0.15, -0.1) is 0 Å². The molecule has 1 amide bonds. The summed E-state index contributed by atoms with van der Waals surface area (Å²) in [5, 5.41) is 11.5. The zero-order valence-corrected chi connectivity index (χ0v) is 13.4. The third-order valence-corrected chi connectivity index (χ3v) is 3.39. The van der Waals surface area contributed by atoms with Crippen LogP contribution in [0.25, 0.3) is 0 Å². The zero-order valence-electron chi connectivity index (χ0n) is 12.6. The maximum absolute atomic E-state index is 12.5. The number of nitrogens with zero attached hydrogens (tertiary/aromatic N) is 1. The summed E-state index contributed by atoms with van der Waals surface area (Å²) < 4.78 is 37.5. The summed E-state index contributed by atoms with van der Waals surface area (Å²) in [4.78, 5) is 15.8. The molecule has 0 aliphatic rings. The van der Waals surface area contributed by atoms with Crippen LogP contribution in [0.4, 0.5) is 13.2 Å². The Morgan fingerprint density at radius 3 is 2.55 bits per heavy atom. The molecule has 1 aromatic rings. The van der Waals surface area contributed by atoms with Gasteiger partial charge >= 0.3 is 5.51 Å². The molecule has 1 unspecified atom stereocenters. The minimum absolute atomic E-state index is 0.140. The van der Waals surface area contributed by atoms with Crippen molar-refractivity contribution in [1.82, 2.24) is 10.3 Å². The van der Waals surface area contributed by atoms with Crippen molar-refractivity contribution in [2.75, 3.05) is 6.61 Å². The van der Waals surface area contributed by atoms with Crippen LogP contribution in [0.15, 0.2) is 23.4 Å². The van der Waals surface area contributed by atoms with Crippen molar-refractivity contribution in [3.8, 4) is 0 Å². The average molecular weight is 336 g/mol. The van der Waals surface area contributed by atoms with E-state index in [1.807, 2.05) is 20.8 Å². The lowest BCUT2D eigenvalue weighted by Gasteiger charge is -2.25. The summed E-state index contributed by atoms with van der Waals surface area (Å²) in [5.41, 5.74) is -4.82. The van der Waals surface area contributed by atoms with Crippen molar-refractivity contribution in [1.29, 1.82) is 0 Å². The van der Waals surface area contributed by atoms with E-state index < -0.39 is 34.2 Å². The molecule has 1 rings (SSSR count). The molecular weight excluding hydrogens is 317 g/mol. The molecule has 8 heteroatoms. The molecule has 4 nitrogen and oxygen atoms in total. The average Bonchev–Trinajstić information content (AvgIpc) is 2.34. The predicted octanol–water partition coefficient (Wildman–Crippen LogP) is 3.22. The van der Waals surface area contributed by atoms with Gasteiger partial charge in [0.1, 0.15) is 5.03 Å². The number of pyridine rings is 1. The molecule has 124 valence electrons. The molecule has 0 saturated carbocycles. The quantitative estimate of drug-likeness (QED) is 0.811. The molecule has 1 heterocycles. The van der Waals surface area contributed by atoms with E-state index in [9.17, 15) is 23.1 Å². The molecule has 0 spiro atoms. The van der Waals surface area contributed by atoms with Crippen LogP contribution in [0.1, 0.15) is 37.6 Å². The van der Waals surface area contributed by atoms with Gasteiger partial charge in [-0.05, 0) is 24.0 Å². The van der Waals surface area contributed by atoms with Gasteiger partial charge in [0.2, 0.25) is 0 Å². The Morgan fingerprint density at radius 1 is 1.41 bits per heavy atom. The Labute approximate surface area is 131 Å². The van der Waals surface area contributed by atoms with E-state index in [-0.39, 0.29) is 17.6 Å². The highest BCUT2D eigenvalue weighted by Crippen LogP contribution is 2.37. The Bertz CT molecular complexity index is 516. The monoisotopic (exact) mass is 336 g/mol. The third-order valence-electron chi connectivity index (χ3n) is 2.64. The van der Waals surface area contributed by atoms with E-state index in [4.69, 9.17) is 0 Å². The van der Waals surface area contributed by atoms with Crippen molar-refractivity contribution in [3.63, 3.8) is 0 Å². The Hall–Kier alpha value is -1.28. The maximum atomic E-state index is 12.5. The summed E-state index contributed by atoms with van der Waals surface area (Å²) in [6.45, 7) is 5.54. The highest BCUT2D eigenvalue weighted by molar-refractivity contribution is 8.00. The first kappa shape index (κ1) is 18.8. The molecule has 22 heavy (non-hydrogen) atoms. The zero-order chi connectivity index (χ0) is 17.0. The molecule has 1 atom stereocenters. The molecule has 2 N–H and O–H groups in total. The number of aliphatic hydroxyl groups is 1. The number of thioether (sulfide) groups is 1. The standard InChI is InChI=1S/C14H19F3N2O2S/c1-13(2,3)7-9(8-20)19-11(21)10-5-4-6-18-12(10)22-14(15,16)17/h4-6,9,20H,7-8H2,1-3H3,(H,19,21). The van der Waals surface area contributed by atoms with Crippen molar-refractivity contribution >= 4 is 17.7 Å². The van der Waals surface area contributed by atoms with Crippen molar-refractivity contribution in [2.24, 2.45) is 5.41 Å². The van der Waals surface area contributed by atoms with E-state index in [1.165, 1.54) is 18.3 Å². The first-order valence-corrected chi connectivity index (χ1v) is 7.46. The molecular formula is C14H19F3N2O2S. The highest BCUT2D eigenvalue weighted by atomic mass is 32.2. The summed E-state index contributed by atoms with van der Waals surface area (Å²) in [6, 6.07) is 2.14. The van der Waals surface area contributed by atoms with Crippen LogP contribution in [0.5, 0.6) is 0 Å². The van der Waals surface area contributed by atoms with Gasteiger partial charge < -0.3 is 10.4 Å². The van der Waals surface area contributed by atoms with Gasteiger partial charge in [0.05, 0.1) is 18.2 Å². The second-order valence-electron chi connectivity index (χ2n) is 6.02. The fourth-order valence-electron chi connectivity index (χ4n) is 1.92. The van der Waals surface area contributed by atoms with E-state index >= 15 is 0 Å². The summed E-state index contributed by atoms with van der Waals surface area (Å²) in [7, 11) is 0. The van der Waals surface area contributed by atoms with Crippen LogP contribution in [0, 0.1) is 5.41 Å². The van der Waals surface area contributed by atoms with Crippen molar-refractivity contribution in [3.05, 3.63) is 23.9 Å². The van der Waals surface area contributed by atoms with Gasteiger partial charge in [0.15, 0.2) is 0 Å². The molecule has 0 aliphatic heterocycles. The van der Waals surface area contributed by atoms with E-state index in [2.05, 4.69) is 10.3 Å². The van der Waals surface area contributed by atoms with Gasteiger partial charge in [-0.2, -0.15) is 13.2 Å². The second kappa shape index (κ2) is 7.32. The van der Waals surface area contributed by atoms with Crippen LogP contribution in [0.2, 0.25) is 0 Å². The van der Waals surface area contributed by atoms with Gasteiger partial charge in [-0.1, -0.05) is 20.8 Å². The molecule has 0 fully saturated rings. The summed E-state index contributed by atoms with van der Waals surface area (Å²) >= 11 is -0.431. The number of carbonyl (C=O) groups is 1. The maximum Gasteiger partial charge on any atom is 0.447 e. The first-order chi connectivity index (χ1) is 10.0. The van der Waals surface area contributed by atoms with Crippen LogP contribution < -0.4 is 5.32 Å². The third kappa shape index (κ3) is 6.65. The SMILES string of the molecule is CC(C)(C)CC(CO)NC(=O)c1cccnc1SC(F)(F)F. The molecule has 0 radical (unpaired) electrons. The number of hydrogen-bond acceptors (Lipinski definition) is 4. The first-order valence-electron chi connectivity index (χ1n) is 6.64. The van der Waals surface area contributed by atoms with Crippen LogP contribution in [-0.2, 0) is 0 Å². The van der Waals surface area contributed by atoms with Crippen LogP contribution in [0.3, 0.4) is 0 Å². The van der Waals surface area contributed by atoms with Crippen LogP contribution >= 0.6 is 11.8 Å². The number of aliphatic hydroxyl groups excluding tert-OH is 1. The lowest BCUT2D eigenvalue weighted by atomic mass is 9.88. The fraction of sp³-hybridized carbons (Fsp3) is 0.571. The fourth-order valence-corrected chi connectivity index (χ4v) is 2.52. The van der Waals surface area contributed by atoms with Gasteiger partial charge in [-0.3, -0.25) is 4.79 Å². The Balaban J connectivity index is 2.89. The van der Waals surface area contributed by atoms with E-state index in [0.29, 0.717) is 6.42 Å². The number of nitrogens with one attached hydrogen (secondary N) is 1. The number of aromatic nitrogens is 1. The van der Waals surface area contributed by atoms with Crippen molar-refractivity contribution < 1.29 is 23.1 Å². The van der Waals surface area contributed by atoms with Gasteiger partial charge in [-0.25, -0.2) is 4.98 Å². The number of halogens is 3. The summed E-state index contributed by atoms with van der Waals surface area (Å²) in [6.07, 6.45) is 1.70. The normalized spacial score (nSPS) is 13.8. The lowest BCUT2D eigenvalue weighted by molar-refractivity contribution is -0.0329. The second-order valence-corrected chi connectivity index (χ2v) is 7.08. The minimum Gasteiger partial charge on any atom is -0.394 e. The van der Waals surface area contributed by atoms with Gasteiger partial charge in [0, 0.05) is 18.0 Å². The molecule has 1 aromatic heterocycles. The van der Waals surface area contributed by atoms with Crippen molar-refractivity contribution in [2.45, 2.75) is 43.8 Å². The molecule has 0 saturated heterocycles. The summed E-state index contributed by atoms with van der Waals surface area (Å²) in [5.74, 6) is -0.678. The molecule has 0 aliphatic carbocycles. The highest BCUT2D eigenvalue weighted by Gasteiger charge is 2.32. The Morgan fingerprint density at radius 2 is 2.05 bits per heavy atom. The lowest BCUT2D eigenvalue weighted by Crippen LogP contribution is -2.40. The number of rotatable bonds is 5.